The zero-order valence-electron chi connectivity index (χ0n) is 13.6. The molecule has 6 heteroatoms. The summed E-state index contributed by atoms with van der Waals surface area (Å²) in [5.41, 5.74) is 8.27. The van der Waals surface area contributed by atoms with E-state index in [0.29, 0.717) is 31.5 Å². The van der Waals surface area contributed by atoms with Crippen molar-refractivity contribution in [2.45, 2.75) is 32.4 Å². The van der Waals surface area contributed by atoms with E-state index in [1.165, 1.54) is 6.26 Å². The van der Waals surface area contributed by atoms with Gasteiger partial charge in [-0.15, -0.1) is 0 Å². The Kier molecular flexibility index (Phi) is 4.66. The molecule has 0 fully saturated rings. The summed E-state index contributed by atoms with van der Waals surface area (Å²) in [4.78, 5) is 26.2. The van der Waals surface area contributed by atoms with Crippen molar-refractivity contribution in [1.82, 2.24) is 5.32 Å². The lowest BCUT2D eigenvalue weighted by Gasteiger charge is -2.17. The number of benzene rings is 1. The second kappa shape index (κ2) is 6.88. The van der Waals surface area contributed by atoms with Gasteiger partial charge in [-0.1, -0.05) is 18.2 Å². The van der Waals surface area contributed by atoms with Crippen LogP contribution in [0.4, 0.5) is 5.69 Å². The van der Waals surface area contributed by atoms with Gasteiger partial charge in [-0.3, -0.25) is 9.59 Å². The largest absolute Gasteiger partial charge is 0.459 e. The van der Waals surface area contributed by atoms with Crippen molar-refractivity contribution in [3.8, 4) is 0 Å². The molecule has 1 unspecified atom stereocenters. The predicted octanol–water partition coefficient (Wildman–Crippen LogP) is 1.84. The molecule has 2 aromatic rings. The maximum atomic E-state index is 12.3. The molecular weight excluding hydrogens is 306 g/mol. The van der Waals surface area contributed by atoms with Crippen LogP contribution in [0.2, 0.25) is 0 Å². The van der Waals surface area contributed by atoms with Crippen LogP contribution in [0.1, 0.15) is 35.0 Å². The summed E-state index contributed by atoms with van der Waals surface area (Å²) in [5, 5.41) is 2.80. The van der Waals surface area contributed by atoms with Gasteiger partial charge >= 0.3 is 0 Å². The Labute approximate surface area is 140 Å². The third kappa shape index (κ3) is 3.33. The van der Waals surface area contributed by atoms with Gasteiger partial charge in [0.05, 0.1) is 19.2 Å². The lowest BCUT2D eigenvalue weighted by Crippen LogP contribution is -2.31. The van der Waals surface area contributed by atoms with Gasteiger partial charge in [0.15, 0.2) is 5.76 Å². The first-order valence-electron chi connectivity index (χ1n) is 8.04. The fraction of sp³-hybridized carbons (Fsp3) is 0.333. The maximum absolute atomic E-state index is 12.3. The van der Waals surface area contributed by atoms with E-state index in [1.807, 2.05) is 31.2 Å². The van der Waals surface area contributed by atoms with Gasteiger partial charge in [0, 0.05) is 23.8 Å². The minimum Gasteiger partial charge on any atom is -0.459 e. The molecule has 0 saturated carbocycles. The zero-order valence-corrected chi connectivity index (χ0v) is 13.6. The van der Waals surface area contributed by atoms with Gasteiger partial charge in [0.1, 0.15) is 0 Å². The number of rotatable bonds is 6. The Balaban J connectivity index is 1.72. The van der Waals surface area contributed by atoms with Crippen molar-refractivity contribution in [2.24, 2.45) is 5.73 Å². The monoisotopic (exact) mass is 327 g/mol. The molecule has 1 aromatic carbocycles. The molecule has 2 amide bonds. The van der Waals surface area contributed by atoms with Gasteiger partial charge in [0.2, 0.25) is 5.91 Å². The number of fused-ring (bicyclic) bond motifs is 1. The van der Waals surface area contributed by atoms with E-state index in [-0.39, 0.29) is 23.6 Å². The van der Waals surface area contributed by atoms with E-state index in [1.54, 1.807) is 11.0 Å². The quantitative estimate of drug-likeness (QED) is 0.847. The van der Waals surface area contributed by atoms with Crippen molar-refractivity contribution in [2.75, 3.05) is 11.4 Å². The molecule has 126 valence electrons. The Morgan fingerprint density at radius 1 is 1.38 bits per heavy atom. The minimum atomic E-state index is -0.282. The summed E-state index contributed by atoms with van der Waals surface area (Å²) in [5.74, 6) is -0.00634. The Bertz CT molecular complexity index is 751. The minimum absolute atomic E-state index is 0.0279. The predicted molar refractivity (Wildman–Crippen MR) is 90.6 cm³/mol. The summed E-state index contributed by atoms with van der Waals surface area (Å²) in [7, 11) is 0. The van der Waals surface area contributed by atoms with E-state index < -0.39 is 0 Å². The smallest absolute Gasteiger partial charge is 0.287 e. The van der Waals surface area contributed by atoms with Crippen LogP contribution in [0.3, 0.4) is 0 Å². The highest BCUT2D eigenvalue weighted by molar-refractivity contribution is 6.01. The highest BCUT2D eigenvalue weighted by Crippen LogP contribution is 2.30. The first-order chi connectivity index (χ1) is 11.6. The SMILES string of the molecule is CC(N)CCNC(=O)c1occc1CN1C(=O)Cc2ccccc21. The number of anilines is 1. The first kappa shape index (κ1) is 16.3. The summed E-state index contributed by atoms with van der Waals surface area (Å²) < 4.78 is 5.34. The number of nitrogens with one attached hydrogen (secondary N) is 1. The number of nitrogens with zero attached hydrogens (tertiary/aromatic N) is 1. The topological polar surface area (TPSA) is 88.6 Å². The average Bonchev–Trinajstić information content (AvgIpc) is 3.12. The number of furan rings is 1. The van der Waals surface area contributed by atoms with Crippen molar-refractivity contribution in [3.05, 3.63) is 53.5 Å². The van der Waals surface area contributed by atoms with Crippen LogP contribution in [0, 0.1) is 0 Å². The molecular formula is C18H21N3O3. The first-order valence-corrected chi connectivity index (χ1v) is 8.04. The van der Waals surface area contributed by atoms with Gasteiger partial charge in [-0.25, -0.2) is 0 Å². The summed E-state index contributed by atoms with van der Waals surface area (Å²) >= 11 is 0. The molecule has 3 N–H and O–H groups in total. The molecule has 0 aliphatic carbocycles. The van der Waals surface area contributed by atoms with E-state index in [0.717, 1.165) is 11.3 Å². The average molecular weight is 327 g/mol. The number of hydrogen-bond acceptors (Lipinski definition) is 4. The van der Waals surface area contributed by atoms with Crippen LogP contribution < -0.4 is 16.0 Å². The summed E-state index contributed by atoms with van der Waals surface area (Å²) in [6.07, 6.45) is 2.56. The number of hydrogen-bond donors (Lipinski definition) is 2. The molecule has 2 heterocycles. The van der Waals surface area contributed by atoms with Crippen molar-refractivity contribution in [3.63, 3.8) is 0 Å². The third-order valence-corrected chi connectivity index (χ3v) is 4.09. The molecule has 24 heavy (non-hydrogen) atoms. The highest BCUT2D eigenvalue weighted by atomic mass is 16.3. The van der Waals surface area contributed by atoms with Gasteiger partial charge in [-0.2, -0.15) is 0 Å². The van der Waals surface area contributed by atoms with Gasteiger partial charge in [-0.05, 0) is 31.0 Å². The second-order valence-electron chi connectivity index (χ2n) is 6.08. The molecule has 1 atom stereocenters. The normalized spacial score (nSPS) is 14.6. The van der Waals surface area contributed by atoms with Crippen LogP contribution in [-0.2, 0) is 17.8 Å². The molecule has 0 radical (unpaired) electrons. The van der Waals surface area contributed by atoms with Crippen LogP contribution in [-0.4, -0.2) is 24.4 Å². The third-order valence-electron chi connectivity index (χ3n) is 4.09. The molecule has 0 bridgehead atoms. The molecule has 1 aliphatic heterocycles. The maximum Gasteiger partial charge on any atom is 0.287 e. The van der Waals surface area contributed by atoms with E-state index in [2.05, 4.69) is 5.32 Å². The Morgan fingerprint density at radius 3 is 2.96 bits per heavy atom. The van der Waals surface area contributed by atoms with E-state index in [4.69, 9.17) is 10.2 Å². The Morgan fingerprint density at radius 2 is 2.17 bits per heavy atom. The van der Waals surface area contributed by atoms with Crippen molar-refractivity contribution >= 4 is 17.5 Å². The van der Waals surface area contributed by atoms with Crippen molar-refractivity contribution in [1.29, 1.82) is 0 Å². The molecule has 1 aromatic heterocycles. The van der Waals surface area contributed by atoms with Crippen molar-refractivity contribution < 1.29 is 14.0 Å². The van der Waals surface area contributed by atoms with Crippen LogP contribution in [0.5, 0.6) is 0 Å². The number of nitrogens with two attached hydrogens (primary N) is 1. The van der Waals surface area contributed by atoms with Gasteiger partial charge in [0.25, 0.3) is 5.91 Å². The second-order valence-corrected chi connectivity index (χ2v) is 6.08. The molecule has 0 spiro atoms. The van der Waals surface area contributed by atoms with Crippen LogP contribution in [0.15, 0.2) is 41.0 Å². The number of carbonyl (C=O) groups is 2. The number of amides is 2. The van der Waals surface area contributed by atoms with Gasteiger partial charge < -0.3 is 20.4 Å². The summed E-state index contributed by atoms with van der Waals surface area (Å²) in [6.45, 7) is 2.70. The summed E-state index contributed by atoms with van der Waals surface area (Å²) in [6, 6.07) is 9.45. The molecule has 0 saturated heterocycles. The fourth-order valence-electron chi connectivity index (χ4n) is 2.81. The lowest BCUT2D eigenvalue weighted by atomic mass is 10.1. The van der Waals surface area contributed by atoms with E-state index >= 15 is 0 Å². The van der Waals surface area contributed by atoms with Crippen LogP contribution in [0.25, 0.3) is 0 Å². The standard InChI is InChI=1S/C18H21N3O3/c1-12(19)6-8-20-18(23)17-14(7-9-24-17)11-21-15-5-3-2-4-13(15)10-16(21)22/h2-5,7,9,12H,6,8,10-11,19H2,1H3,(H,20,23). The number of carbonyl (C=O) groups excluding carboxylic acids is 2. The fourth-order valence-corrected chi connectivity index (χ4v) is 2.81. The number of para-hydroxylation sites is 1. The van der Waals surface area contributed by atoms with E-state index in [9.17, 15) is 9.59 Å². The molecule has 3 rings (SSSR count). The lowest BCUT2D eigenvalue weighted by molar-refractivity contribution is -0.117. The molecule has 6 nitrogen and oxygen atoms in total. The Hall–Kier alpha value is -2.60. The molecule has 1 aliphatic rings. The zero-order chi connectivity index (χ0) is 17.1. The van der Waals surface area contributed by atoms with Crippen LogP contribution >= 0.6 is 0 Å². The highest BCUT2D eigenvalue weighted by Gasteiger charge is 2.28.